The van der Waals surface area contributed by atoms with Crippen molar-refractivity contribution in [3.8, 4) is 0 Å². The van der Waals surface area contributed by atoms with Crippen LogP contribution in [0.5, 0.6) is 0 Å². The molecule has 0 aromatic heterocycles. The molecule has 13 heavy (non-hydrogen) atoms. The second kappa shape index (κ2) is 6.50. The Morgan fingerprint density at radius 2 is 1.54 bits per heavy atom. The van der Waals surface area contributed by atoms with Crippen LogP contribution in [0, 0.1) is 0 Å². The highest BCUT2D eigenvalue weighted by Crippen LogP contribution is 2.13. The van der Waals surface area contributed by atoms with E-state index in [1.54, 1.807) is 0 Å². The molecular weight excluding hydrogens is 188 g/mol. The fraction of sp³-hybridized carbons (Fsp3) is 1.00. The topological polar surface area (TPSA) is 36.9 Å². The normalized spacial score (nSPS) is 14.5. The highest BCUT2D eigenvalue weighted by molar-refractivity contribution is 6.53. The van der Waals surface area contributed by atoms with Crippen molar-refractivity contribution in [2.75, 3.05) is 21.3 Å². The molecule has 0 aromatic rings. The minimum atomic E-state index is -2.82. The Morgan fingerprint density at radius 1 is 1.08 bits per heavy atom. The Labute approximate surface area is 81.6 Å². The van der Waals surface area contributed by atoms with Gasteiger partial charge < -0.3 is 17.7 Å². The third-order valence-electron chi connectivity index (χ3n) is 1.79. The van der Waals surface area contributed by atoms with Crippen LogP contribution in [0.25, 0.3) is 0 Å². The van der Waals surface area contributed by atoms with E-state index in [2.05, 4.69) is 6.92 Å². The molecule has 0 aliphatic heterocycles. The summed E-state index contributed by atoms with van der Waals surface area (Å²) in [7, 11) is 1.80. The van der Waals surface area contributed by atoms with E-state index in [0.717, 1.165) is 12.8 Å². The molecule has 80 valence electrons. The zero-order valence-electron chi connectivity index (χ0n) is 9.12. The van der Waals surface area contributed by atoms with E-state index >= 15 is 0 Å². The van der Waals surface area contributed by atoms with Gasteiger partial charge in [-0.3, -0.25) is 0 Å². The lowest BCUT2D eigenvalue weighted by atomic mass is 10.2. The first-order valence-corrected chi connectivity index (χ1v) is 6.10. The highest BCUT2D eigenvalue weighted by Gasteiger charge is 2.43. The third kappa shape index (κ3) is 4.19. The smallest absolute Gasteiger partial charge is 0.355 e. The summed E-state index contributed by atoms with van der Waals surface area (Å²) < 4.78 is 21.0. The van der Waals surface area contributed by atoms with Crippen LogP contribution in [0.3, 0.4) is 0 Å². The molecule has 0 saturated heterocycles. The Balaban J connectivity index is 4.07. The van der Waals surface area contributed by atoms with Gasteiger partial charge in [-0.1, -0.05) is 13.3 Å². The maximum atomic E-state index is 5.60. The van der Waals surface area contributed by atoms with Gasteiger partial charge in [0.15, 0.2) is 0 Å². The van der Waals surface area contributed by atoms with Crippen molar-refractivity contribution in [1.29, 1.82) is 0 Å². The van der Waals surface area contributed by atoms with Gasteiger partial charge in [-0.2, -0.15) is 0 Å². The lowest BCUT2D eigenvalue weighted by molar-refractivity contribution is -0.0194. The first kappa shape index (κ1) is 13.1. The largest absolute Gasteiger partial charge is 0.679 e. The summed E-state index contributed by atoms with van der Waals surface area (Å²) >= 11 is 0. The Morgan fingerprint density at radius 3 is 1.85 bits per heavy atom. The first-order chi connectivity index (χ1) is 6.14. The van der Waals surface area contributed by atoms with Crippen LogP contribution in [0.1, 0.15) is 26.7 Å². The van der Waals surface area contributed by atoms with E-state index in [1.807, 2.05) is 6.92 Å². The summed E-state index contributed by atoms with van der Waals surface area (Å²) in [4.78, 5) is 0. The molecule has 0 saturated carbocycles. The standard InChI is InChI=1S/C8H20O4Si/c1-6-7-8(2)12-13(9-3,10-4)11-5/h8H,6-7H2,1-5H3. The fourth-order valence-electron chi connectivity index (χ4n) is 1.11. The molecule has 0 amide bonds. The zero-order valence-corrected chi connectivity index (χ0v) is 10.1. The molecule has 0 aromatic carbocycles. The van der Waals surface area contributed by atoms with Gasteiger partial charge in [0.05, 0.1) is 0 Å². The van der Waals surface area contributed by atoms with Gasteiger partial charge >= 0.3 is 9.05 Å². The third-order valence-corrected chi connectivity index (χ3v) is 3.98. The van der Waals surface area contributed by atoms with E-state index in [-0.39, 0.29) is 6.10 Å². The van der Waals surface area contributed by atoms with Gasteiger partial charge in [0.1, 0.15) is 0 Å². The molecule has 1 unspecified atom stereocenters. The van der Waals surface area contributed by atoms with Crippen LogP contribution in [0.15, 0.2) is 0 Å². The highest BCUT2D eigenvalue weighted by atomic mass is 28.4. The lowest BCUT2D eigenvalue weighted by Gasteiger charge is -2.26. The summed E-state index contributed by atoms with van der Waals surface area (Å²) in [6.45, 7) is 4.10. The molecule has 0 bridgehead atoms. The van der Waals surface area contributed by atoms with Crippen LogP contribution in [0.2, 0.25) is 0 Å². The molecule has 0 heterocycles. The van der Waals surface area contributed by atoms with Crippen LogP contribution >= 0.6 is 0 Å². The molecule has 0 aliphatic carbocycles. The van der Waals surface area contributed by atoms with E-state index in [4.69, 9.17) is 17.7 Å². The SMILES string of the molecule is CCCC(C)O[Si](OC)(OC)OC. The first-order valence-electron chi connectivity index (χ1n) is 4.47. The molecule has 4 nitrogen and oxygen atoms in total. The summed E-state index contributed by atoms with van der Waals surface area (Å²) in [5, 5.41) is 0. The van der Waals surface area contributed by atoms with Gasteiger partial charge in [-0.05, 0) is 13.3 Å². The van der Waals surface area contributed by atoms with Gasteiger partial charge in [-0.15, -0.1) is 0 Å². The average Bonchev–Trinajstić information content (AvgIpc) is 2.15. The monoisotopic (exact) mass is 208 g/mol. The van der Waals surface area contributed by atoms with Crippen LogP contribution in [0.4, 0.5) is 0 Å². The summed E-state index contributed by atoms with van der Waals surface area (Å²) in [6.07, 6.45) is 2.16. The van der Waals surface area contributed by atoms with Crippen molar-refractivity contribution < 1.29 is 17.7 Å². The molecule has 0 fully saturated rings. The molecule has 0 radical (unpaired) electrons. The number of rotatable bonds is 7. The second-order valence-electron chi connectivity index (χ2n) is 2.83. The summed E-state index contributed by atoms with van der Waals surface area (Å²) in [6, 6.07) is 0. The molecule has 0 aliphatic rings. The van der Waals surface area contributed by atoms with Crippen LogP contribution in [-0.4, -0.2) is 36.5 Å². The minimum absolute atomic E-state index is 0.108. The number of hydrogen-bond donors (Lipinski definition) is 0. The molecular formula is C8H20O4Si. The fourth-order valence-corrected chi connectivity index (χ4v) is 2.51. The Bertz CT molecular complexity index is 119. The predicted molar refractivity (Wildman–Crippen MR) is 52.2 cm³/mol. The van der Waals surface area contributed by atoms with Gasteiger partial charge in [-0.25, -0.2) is 0 Å². The Kier molecular flexibility index (Phi) is 6.53. The molecule has 0 spiro atoms. The maximum Gasteiger partial charge on any atom is 0.679 e. The van der Waals surface area contributed by atoms with Crippen LogP contribution < -0.4 is 0 Å². The average molecular weight is 208 g/mol. The molecule has 0 N–H and O–H groups in total. The molecule has 0 rings (SSSR count). The van der Waals surface area contributed by atoms with Crippen molar-refractivity contribution in [2.24, 2.45) is 0 Å². The minimum Gasteiger partial charge on any atom is -0.355 e. The second-order valence-corrected chi connectivity index (χ2v) is 5.29. The van der Waals surface area contributed by atoms with Crippen molar-refractivity contribution in [3.05, 3.63) is 0 Å². The maximum absolute atomic E-state index is 5.60. The van der Waals surface area contributed by atoms with E-state index < -0.39 is 9.05 Å². The van der Waals surface area contributed by atoms with Crippen molar-refractivity contribution in [2.45, 2.75) is 32.8 Å². The van der Waals surface area contributed by atoms with E-state index in [9.17, 15) is 0 Å². The summed E-state index contributed by atoms with van der Waals surface area (Å²) in [5.41, 5.74) is 0. The van der Waals surface area contributed by atoms with E-state index in [0.29, 0.717) is 0 Å². The predicted octanol–water partition coefficient (Wildman–Crippen LogP) is 1.57. The molecule has 5 heteroatoms. The Hall–Kier alpha value is 0.0569. The van der Waals surface area contributed by atoms with Crippen molar-refractivity contribution in [1.82, 2.24) is 0 Å². The van der Waals surface area contributed by atoms with E-state index in [1.165, 1.54) is 21.3 Å². The molecule has 1 atom stereocenters. The van der Waals surface area contributed by atoms with Gasteiger partial charge in [0.2, 0.25) is 0 Å². The quantitative estimate of drug-likeness (QED) is 0.595. The van der Waals surface area contributed by atoms with Gasteiger partial charge in [0.25, 0.3) is 0 Å². The number of hydrogen-bond acceptors (Lipinski definition) is 4. The summed E-state index contributed by atoms with van der Waals surface area (Å²) in [5.74, 6) is 0. The van der Waals surface area contributed by atoms with Crippen LogP contribution in [-0.2, 0) is 17.7 Å². The van der Waals surface area contributed by atoms with Gasteiger partial charge in [0, 0.05) is 27.4 Å². The zero-order chi connectivity index (χ0) is 10.3. The van der Waals surface area contributed by atoms with Crippen molar-refractivity contribution in [3.63, 3.8) is 0 Å². The lowest BCUT2D eigenvalue weighted by Crippen LogP contribution is -2.48. The van der Waals surface area contributed by atoms with Crippen molar-refractivity contribution >= 4 is 9.05 Å².